The molecule has 28 heteroatoms. The number of rotatable bonds is 24. The Balaban J connectivity index is 1.64. The minimum atomic E-state index is -4.95. The minimum absolute atomic E-state index is 0.0203. The number of nitrogens with one attached hydrogen (secondary N) is 6. The van der Waals surface area contributed by atoms with Crippen molar-refractivity contribution < 1.29 is 66.8 Å². The van der Waals surface area contributed by atoms with Gasteiger partial charge in [-0.15, -0.1) is 0 Å². The molecule has 4 aromatic rings. The molecule has 4 rings (SSSR count). The zero-order valence-electron chi connectivity index (χ0n) is 31.2. The number of hydrogen-bond donors (Lipinski definition) is 16. The van der Waals surface area contributed by atoms with Crippen molar-refractivity contribution in [2.75, 3.05) is 84.5 Å². The summed E-state index contributed by atoms with van der Waals surface area (Å²) in [6.07, 6.45) is -2.41. The van der Waals surface area contributed by atoms with Crippen LogP contribution in [0, 0.1) is 0 Å². The Hall–Kier alpha value is -5.50. The summed E-state index contributed by atoms with van der Waals surface area (Å²) in [5, 5.41) is 91.6. The molecule has 0 saturated heterocycles. The van der Waals surface area contributed by atoms with Crippen molar-refractivity contribution in [1.29, 1.82) is 0 Å². The maximum atomic E-state index is 12.5. The van der Waals surface area contributed by atoms with Crippen molar-refractivity contribution in [2.45, 2.75) is 34.2 Å². The zero-order chi connectivity index (χ0) is 44.0. The molecule has 4 atom stereocenters. The molecular weight excluding hydrogens is 841 g/mol. The van der Waals surface area contributed by atoms with Crippen molar-refractivity contribution in [3.63, 3.8) is 0 Å². The lowest BCUT2D eigenvalue weighted by molar-refractivity contribution is 0.105. The van der Waals surface area contributed by atoms with Crippen LogP contribution in [0.2, 0.25) is 0 Å². The Bertz CT molecular complexity index is 2090. The number of aliphatic hydroxyl groups is 8. The molecule has 60 heavy (non-hydrogen) atoms. The normalized spacial score (nSPS) is 14.0. The van der Waals surface area contributed by atoms with Gasteiger partial charge in [-0.25, -0.2) is 0 Å². The summed E-state index contributed by atoms with van der Waals surface area (Å²) in [5.74, 6) is -0.856. The highest BCUT2D eigenvalue weighted by Crippen LogP contribution is 2.28. The van der Waals surface area contributed by atoms with Gasteiger partial charge in [-0.3, -0.25) is 9.11 Å². The summed E-state index contributed by atoms with van der Waals surface area (Å²) in [5.41, 5.74) is -0.227. The second-order valence-electron chi connectivity index (χ2n) is 12.5. The van der Waals surface area contributed by atoms with Crippen LogP contribution in [0.5, 0.6) is 0 Å². The highest BCUT2D eigenvalue weighted by Gasteiger charge is 2.20. The minimum Gasteiger partial charge on any atom is -0.394 e. The number of nitrogens with zero attached hydrogens (tertiary/aromatic N) is 6. The van der Waals surface area contributed by atoms with E-state index in [1.54, 1.807) is 0 Å². The maximum Gasteiger partial charge on any atom is 0.295 e. The molecule has 328 valence electrons. The Morgan fingerprint density at radius 1 is 0.467 bits per heavy atom. The average molecular weight is 885 g/mol. The SMILES string of the molecule is O=S(=O)(O)c1cc(Nc2nc(NCC(O)CO)nc(NCC(O)CO)n2)ccc1C=Cc1ccc(Nc2nc(NCC(O)CO)nc(NCC(O)CO)n2)cc1S(=O)(=O)O. The van der Waals surface area contributed by atoms with E-state index >= 15 is 0 Å². The largest absolute Gasteiger partial charge is 0.394 e. The molecule has 0 saturated carbocycles. The van der Waals surface area contributed by atoms with Gasteiger partial charge < -0.3 is 72.8 Å². The first-order valence-corrected chi connectivity index (χ1v) is 20.4. The van der Waals surface area contributed by atoms with Crippen LogP contribution in [-0.2, 0) is 20.2 Å². The van der Waals surface area contributed by atoms with Crippen molar-refractivity contribution in [3.05, 3.63) is 47.5 Å². The fourth-order valence-corrected chi connectivity index (χ4v) is 6.08. The molecule has 2 aromatic heterocycles. The molecule has 0 aliphatic carbocycles. The Morgan fingerprint density at radius 2 is 0.733 bits per heavy atom. The fourth-order valence-electron chi connectivity index (χ4n) is 4.66. The van der Waals surface area contributed by atoms with Gasteiger partial charge in [-0.05, 0) is 35.4 Å². The van der Waals surface area contributed by atoms with E-state index in [9.17, 15) is 46.4 Å². The van der Waals surface area contributed by atoms with Crippen LogP contribution < -0.4 is 31.9 Å². The lowest BCUT2D eigenvalue weighted by Gasteiger charge is -2.14. The number of aliphatic hydroxyl groups excluding tert-OH is 8. The topological polar surface area (TPSA) is 420 Å². The van der Waals surface area contributed by atoms with Gasteiger partial charge in [0, 0.05) is 37.6 Å². The lowest BCUT2D eigenvalue weighted by atomic mass is 10.1. The van der Waals surface area contributed by atoms with Crippen LogP contribution in [0.15, 0.2) is 46.2 Å². The Morgan fingerprint density at radius 3 is 0.983 bits per heavy atom. The van der Waals surface area contributed by atoms with Crippen molar-refractivity contribution in [1.82, 2.24) is 29.9 Å². The highest BCUT2D eigenvalue weighted by molar-refractivity contribution is 7.86. The van der Waals surface area contributed by atoms with E-state index in [4.69, 9.17) is 20.4 Å². The first kappa shape index (κ1) is 47.2. The van der Waals surface area contributed by atoms with Gasteiger partial charge in [-0.2, -0.15) is 46.7 Å². The molecular formula is C32H44N12O14S2. The van der Waals surface area contributed by atoms with Crippen LogP contribution >= 0.6 is 0 Å². The van der Waals surface area contributed by atoms with Gasteiger partial charge in [0.25, 0.3) is 20.2 Å². The molecule has 16 N–H and O–H groups in total. The Labute approximate surface area is 341 Å². The number of hydrogen-bond acceptors (Lipinski definition) is 24. The monoisotopic (exact) mass is 884 g/mol. The third kappa shape index (κ3) is 14.6. The van der Waals surface area contributed by atoms with Crippen LogP contribution in [-0.4, -0.2) is 174 Å². The van der Waals surface area contributed by atoms with E-state index in [1.165, 1.54) is 24.3 Å². The third-order valence-electron chi connectivity index (χ3n) is 7.63. The van der Waals surface area contributed by atoms with E-state index in [-0.39, 0.29) is 84.4 Å². The van der Waals surface area contributed by atoms with Gasteiger partial charge in [0.1, 0.15) is 9.79 Å². The summed E-state index contributed by atoms with van der Waals surface area (Å²) < 4.78 is 70.4. The number of anilines is 8. The zero-order valence-corrected chi connectivity index (χ0v) is 32.8. The fraction of sp³-hybridized carbons (Fsp3) is 0.375. The molecule has 0 bridgehead atoms. The number of benzene rings is 2. The summed E-state index contributed by atoms with van der Waals surface area (Å²) in [4.78, 5) is 23.4. The predicted octanol–water partition coefficient (Wildman–Crippen LogP) is -2.73. The van der Waals surface area contributed by atoms with Crippen LogP contribution in [0.4, 0.5) is 47.1 Å². The van der Waals surface area contributed by atoms with Crippen molar-refractivity contribution in [2.24, 2.45) is 0 Å². The van der Waals surface area contributed by atoms with E-state index in [0.717, 1.165) is 24.3 Å². The van der Waals surface area contributed by atoms with Gasteiger partial charge in [0.05, 0.1) is 50.8 Å². The molecule has 0 radical (unpaired) electrons. The summed E-state index contributed by atoms with van der Waals surface area (Å²) in [6, 6.07) is 7.23. The second-order valence-corrected chi connectivity index (χ2v) is 15.3. The summed E-state index contributed by atoms with van der Waals surface area (Å²) in [6.45, 7) is -3.01. The molecule has 0 spiro atoms. The van der Waals surface area contributed by atoms with Crippen LogP contribution in [0.1, 0.15) is 11.1 Å². The number of aromatic nitrogens is 6. The second kappa shape index (κ2) is 21.7. The van der Waals surface area contributed by atoms with Gasteiger partial charge >= 0.3 is 0 Å². The van der Waals surface area contributed by atoms with E-state index in [1.807, 2.05) is 0 Å². The maximum absolute atomic E-state index is 12.5. The van der Waals surface area contributed by atoms with Gasteiger partial charge in [-0.1, -0.05) is 24.3 Å². The lowest BCUT2D eigenvalue weighted by Crippen LogP contribution is -2.26. The molecule has 2 heterocycles. The average Bonchev–Trinajstić information content (AvgIpc) is 3.21. The molecule has 2 aromatic carbocycles. The molecule has 0 aliphatic heterocycles. The quantitative estimate of drug-likeness (QED) is 0.0251. The summed E-state index contributed by atoms with van der Waals surface area (Å²) >= 11 is 0. The third-order valence-corrected chi connectivity index (χ3v) is 9.45. The predicted molar refractivity (Wildman–Crippen MR) is 214 cm³/mol. The van der Waals surface area contributed by atoms with E-state index in [0.29, 0.717) is 0 Å². The van der Waals surface area contributed by atoms with E-state index in [2.05, 4.69) is 61.8 Å². The van der Waals surface area contributed by atoms with Gasteiger partial charge in [0.15, 0.2) is 0 Å². The van der Waals surface area contributed by atoms with E-state index < -0.39 is 80.9 Å². The molecule has 0 fully saturated rings. The first-order chi connectivity index (χ1) is 28.4. The first-order valence-electron chi connectivity index (χ1n) is 17.5. The molecule has 0 aliphatic rings. The van der Waals surface area contributed by atoms with Crippen molar-refractivity contribution >= 4 is 79.5 Å². The molecule has 4 unspecified atom stereocenters. The standard InChI is InChI=1S/C32H44N12O14S2/c45-13-21(49)9-33-27-39-28(34-10-22(50)14-46)42-31(41-27)37-19-5-3-17(25(7-19)59(53,54)55)1-2-18-4-6-20(8-26(18)60(56,57)58)38-32-43-29(35-11-23(51)15-47)40-30(44-32)36-12-24(52)16-48/h1-8,21-24,45-52H,9-16H2,(H,53,54,55)(H,56,57,58)(H3,33,34,37,39,41,42)(H3,35,36,38,40,43,44). The molecule has 26 nitrogen and oxygen atoms in total. The van der Waals surface area contributed by atoms with Crippen LogP contribution in [0.3, 0.4) is 0 Å². The van der Waals surface area contributed by atoms with Gasteiger partial charge in [0.2, 0.25) is 35.7 Å². The van der Waals surface area contributed by atoms with Crippen LogP contribution in [0.25, 0.3) is 12.2 Å². The Kier molecular flexibility index (Phi) is 17.0. The highest BCUT2D eigenvalue weighted by atomic mass is 32.2. The summed E-state index contributed by atoms with van der Waals surface area (Å²) in [7, 11) is -9.90. The van der Waals surface area contributed by atoms with Crippen molar-refractivity contribution in [3.8, 4) is 0 Å². The molecule has 0 amide bonds. The smallest absolute Gasteiger partial charge is 0.295 e.